The van der Waals surface area contributed by atoms with Crippen molar-refractivity contribution in [1.82, 2.24) is 14.6 Å². The Morgan fingerprint density at radius 2 is 2.31 bits per heavy atom. The monoisotopic (exact) mass is 380 g/mol. The first-order chi connectivity index (χ1) is 12.4. The number of sulfonamides is 1. The number of carbonyl (C=O) groups is 1. The average Bonchev–Trinajstić information content (AvgIpc) is 3.27. The van der Waals surface area contributed by atoms with Crippen molar-refractivity contribution in [1.29, 1.82) is 0 Å². The molecule has 0 aliphatic carbocycles. The molecular weight excluding hydrogens is 356 g/mol. The first-order valence-electron chi connectivity index (χ1n) is 8.84. The zero-order valence-electron chi connectivity index (χ0n) is 14.8. The second-order valence-corrected chi connectivity index (χ2v) is 8.87. The Labute approximate surface area is 153 Å². The topological polar surface area (TPSA) is 101 Å². The molecular formula is C17H24N4O4S. The summed E-state index contributed by atoms with van der Waals surface area (Å²) in [6.07, 6.45) is 5.70. The SMILES string of the molecule is CCCCS(=O)(=O)N1CCC2(CC(C(=O)NCc3cccnc3)=NO2)C1. The lowest BCUT2D eigenvalue weighted by molar-refractivity contribution is -0.115. The smallest absolute Gasteiger partial charge is 0.269 e. The number of amides is 1. The Morgan fingerprint density at radius 3 is 3.04 bits per heavy atom. The van der Waals surface area contributed by atoms with Gasteiger partial charge in [0.25, 0.3) is 5.91 Å². The summed E-state index contributed by atoms with van der Waals surface area (Å²) in [6, 6.07) is 3.68. The standard InChI is InChI=1S/C17H24N4O4S/c1-2-3-9-26(23,24)21-8-6-17(13-21)10-15(20-25-17)16(22)19-12-14-5-4-7-18-11-14/h4-5,7,11H,2-3,6,8-10,12-13H2,1H3,(H,19,22). The van der Waals surface area contributed by atoms with Crippen LogP contribution in [0.3, 0.4) is 0 Å². The van der Waals surface area contributed by atoms with E-state index in [0.29, 0.717) is 38.1 Å². The van der Waals surface area contributed by atoms with E-state index in [4.69, 9.17) is 4.84 Å². The molecule has 0 radical (unpaired) electrons. The third kappa shape index (κ3) is 4.21. The molecule has 1 amide bonds. The highest BCUT2D eigenvalue weighted by molar-refractivity contribution is 7.89. The minimum absolute atomic E-state index is 0.152. The molecule has 1 atom stereocenters. The molecule has 1 N–H and O–H groups in total. The first kappa shape index (κ1) is 18.8. The van der Waals surface area contributed by atoms with Gasteiger partial charge in [-0.15, -0.1) is 0 Å². The van der Waals surface area contributed by atoms with Gasteiger partial charge in [0.05, 0.1) is 12.3 Å². The average molecular weight is 380 g/mol. The molecule has 142 valence electrons. The number of nitrogens with one attached hydrogen (secondary N) is 1. The van der Waals surface area contributed by atoms with Gasteiger partial charge in [0.1, 0.15) is 5.71 Å². The molecule has 8 nitrogen and oxygen atoms in total. The summed E-state index contributed by atoms with van der Waals surface area (Å²) < 4.78 is 26.2. The van der Waals surface area contributed by atoms with Gasteiger partial charge in [0, 0.05) is 38.3 Å². The van der Waals surface area contributed by atoms with Gasteiger partial charge in [-0.2, -0.15) is 4.31 Å². The van der Waals surface area contributed by atoms with Gasteiger partial charge in [-0.25, -0.2) is 8.42 Å². The number of hydrogen-bond donors (Lipinski definition) is 1. The molecule has 0 saturated carbocycles. The zero-order chi connectivity index (χ0) is 18.6. The van der Waals surface area contributed by atoms with Gasteiger partial charge in [-0.1, -0.05) is 24.6 Å². The van der Waals surface area contributed by atoms with Crippen molar-refractivity contribution in [3.8, 4) is 0 Å². The lowest BCUT2D eigenvalue weighted by atomic mass is 9.96. The van der Waals surface area contributed by atoms with Crippen LogP contribution in [0.2, 0.25) is 0 Å². The summed E-state index contributed by atoms with van der Waals surface area (Å²) >= 11 is 0. The molecule has 1 spiro atoms. The molecule has 1 saturated heterocycles. The fraction of sp³-hybridized carbons (Fsp3) is 0.588. The fourth-order valence-electron chi connectivity index (χ4n) is 3.15. The van der Waals surface area contributed by atoms with Crippen LogP contribution in [0, 0.1) is 0 Å². The van der Waals surface area contributed by atoms with Gasteiger partial charge < -0.3 is 10.2 Å². The van der Waals surface area contributed by atoms with E-state index in [9.17, 15) is 13.2 Å². The lowest BCUT2D eigenvalue weighted by Crippen LogP contribution is -2.39. The van der Waals surface area contributed by atoms with E-state index in [1.807, 2.05) is 13.0 Å². The Kier molecular flexibility index (Phi) is 5.57. The number of rotatable bonds is 7. The first-order valence-corrected chi connectivity index (χ1v) is 10.4. The summed E-state index contributed by atoms with van der Waals surface area (Å²) in [5.41, 5.74) is 0.492. The number of carbonyl (C=O) groups excluding carboxylic acids is 1. The van der Waals surface area contributed by atoms with Gasteiger partial charge >= 0.3 is 0 Å². The van der Waals surface area contributed by atoms with Crippen molar-refractivity contribution in [2.24, 2.45) is 5.16 Å². The lowest BCUT2D eigenvalue weighted by Gasteiger charge is -2.21. The van der Waals surface area contributed by atoms with Crippen LogP contribution in [0.25, 0.3) is 0 Å². The van der Waals surface area contributed by atoms with Crippen molar-refractivity contribution in [3.63, 3.8) is 0 Å². The molecule has 26 heavy (non-hydrogen) atoms. The second-order valence-electron chi connectivity index (χ2n) is 6.79. The molecule has 3 rings (SSSR count). The van der Waals surface area contributed by atoms with E-state index < -0.39 is 15.6 Å². The van der Waals surface area contributed by atoms with E-state index in [-0.39, 0.29) is 18.2 Å². The maximum Gasteiger partial charge on any atom is 0.269 e. The summed E-state index contributed by atoms with van der Waals surface area (Å²) in [7, 11) is -3.27. The summed E-state index contributed by atoms with van der Waals surface area (Å²) in [5.74, 6) is -0.142. The number of aromatic nitrogens is 1. The van der Waals surface area contributed by atoms with Gasteiger partial charge in [0.15, 0.2) is 5.60 Å². The fourth-order valence-corrected chi connectivity index (χ4v) is 4.86. The summed E-state index contributed by atoms with van der Waals surface area (Å²) in [6.45, 7) is 2.98. The van der Waals surface area contributed by atoms with Crippen LogP contribution in [0.4, 0.5) is 0 Å². The minimum Gasteiger partial charge on any atom is -0.387 e. The minimum atomic E-state index is -3.27. The van der Waals surface area contributed by atoms with Crippen LogP contribution in [-0.4, -0.2) is 53.8 Å². The summed E-state index contributed by atoms with van der Waals surface area (Å²) in [5, 5.41) is 6.72. The predicted octanol–water partition coefficient (Wildman–Crippen LogP) is 1.05. The van der Waals surface area contributed by atoms with Crippen LogP contribution in [0.1, 0.15) is 38.2 Å². The van der Waals surface area contributed by atoms with Crippen molar-refractivity contribution in [2.75, 3.05) is 18.8 Å². The van der Waals surface area contributed by atoms with Gasteiger partial charge in [-0.3, -0.25) is 9.78 Å². The number of oxime groups is 1. The number of hydrogen-bond acceptors (Lipinski definition) is 6. The van der Waals surface area contributed by atoms with Crippen LogP contribution in [-0.2, 0) is 26.2 Å². The maximum absolute atomic E-state index is 12.4. The maximum atomic E-state index is 12.4. The van der Waals surface area contributed by atoms with Crippen molar-refractivity contribution in [2.45, 2.75) is 44.8 Å². The van der Waals surface area contributed by atoms with Crippen LogP contribution >= 0.6 is 0 Å². The normalized spacial score (nSPS) is 23.0. The molecule has 1 fully saturated rings. The number of nitrogens with zero attached hydrogens (tertiary/aromatic N) is 3. The third-order valence-electron chi connectivity index (χ3n) is 4.71. The highest BCUT2D eigenvalue weighted by atomic mass is 32.2. The van der Waals surface area contributed by atoms with E-state index in [1.165, 1.54) is 4.31 Å². The molecule has 0 aromatic carbocycles. The highest BCUT2D eigenvalue weighted by Gasteiger charge is 2.49. The Balaban J connectivity index is 1.54. The molecule has 0 bridgehead atoms. The van der Waals surface area contributed by atoms with Gasteiger partial charge in [-0.05, 0) is 18.1 Å². The summed E-state index contributed by atoms with van der Waals surface area (Å²) in [4.78, 5) is 21.8. The number of unbranched alkanes of at least 4 members (excludes halogenated alkanes) is 1. The van der Waals surface area contributed by atoms with Crippen molar-refractivity contribution < 1.29 is 18.0 Å². The highest BCUT2D eigenvalue weighted by Crippen LogP contribution is 2.35. The number of pyridine rings is 1. The quantitative estimate of drug-likeness (QED) is 0.762. The molecule has 9 heteroatoms. The largest absolute Gasteiger partial charge is 0.387 e. The molecule has 2 aliphatic heterocycles. The van der Waals surface area contributed by atoms with Crippen LogP contribution in [0.15, 0.2) is 29.7 Å². The molecule has 1 aromatic rings. The predicted molar refractivity (Wildman–Crippen MR) is 96.8 cm³/mol. The van der Waals surface area contributed by atoms with E-state index in [2.05, 4.69) is 15.5 Å². The van der Waals surface area contributed by atoms with E-state index >= 15 is 0 Å². The van der Waals surface area contributed by atoms with Crippen LogP contribution < -0.4 is 5.32 Å². The molecule has 3 heterocycles. The molecule has 1 aromatic heterocycles. The Morgan fingerprint density at radius 1 is 1.46 bits per heavy atom. The molecule has 2 aliphatic rings. The third-order valence-corrected chi connectivity index (χ3v) is 6.61. The van der Waals surface area contributed by atoms with Crippen molar-refractivity contribution in [3.05, 3.63) is 30.1 Å². The Hall–Kier alpha value is -2.00. The van der Waals surface area contributed by atoms with E-state index in [1.54, 1.807) is 18.5 Å². The van der Waals surface area contributed by atoms with E-state index in [0.717, 1.165) is 12.0 Å². The van der Waals surface area contributed by atoms with Crippen molar-refractivity contribution >= 4 is 21.6 Å². The van der Waals surface area contributed by atoms with Crippen LogP contribution in [0.5, 0.6) is 0 Å². The Bertz CT molecular complexity index is 781. The zero-order valence-corrected chi connectivity index (χ0v) is 15.7. The molecule has 1 unspecified atom stereocenters. The van der Waals surface area contributed by atoms with Gasteiger partial charge in [0.2, 0.25) is 10.0 Å². The second kappa shape index (κ2) is 7.71.